The van der Waals surface area contributed by atoms with E-state index in [9.17, 15) is 4.79 Å². The van der Waals surface area contributed by atoms with E-state index in [0.29, 0.717) is 5.91 Å². The van der Waals surface area contributed by atoms with E-state index in [1.807, 2.05) is 19.0 Å². The van der Waals surface area contributed by atoms with Gasteiger partial charge >= 0.3 is 0 Å². The molecule has 0 aliphatic heterocycles. The molecule has 0 spiro atoms. The van der Waals surface area contributed by atoms with Crippen LogP contribution in [0.25, 0.3) is 0 Å². The highest BCUT2D eigenvalue weighted by Gasteiger charge is 2.19. The zero-order valence-electron chi connectivity index (χ0n) is 22.9. The van der Waals surface area contributed by atoms with Crippen molar-refractivity contribution in [2.24, 2.45) is 5.92 Å². The summed E-state index contributed by atoms with van der Waals surface area (Å²) in [5.41, 5.74) is 0. The van der Waals surface area contributed by atoms with Gasteiger partial charge in [0, 0.05) is 20.0 Å². The lowest BCUT2D eigenvalue weighted by Gasteiger charge is -2.20. The smallest absolute Gasteiger partial charge is 0.225 e. The summed E-state index contributed by atoms with van der Waals surface area (Å²) < 4.78 is 0. The van der Waals surface area contributed by atoms with E-state index in [2.05, 4.69) is 13.8 Å². The van der Waals surface area contributed by atoms with Crippen molar-refractivity contribution in [2.75, 3.05) is 14.1 Å². The Hall–Kier alpha value is -0.530. The van der Waals surface area contributed by atoms with Gasteiger partial charge in [-0.3, -0.25) is 4.79 Å². The van der Waals surface area contributed by atoms with E-state index in [-0.39, 0.29) is 5.92 Å². The third-order valence-electron chi connectivity index (χ3n) is 7.10. The quantitative estimate of drug-likeness (QED) is 0.126. The number of hydrogen-bond acceptors (Lipinski definition) is 1. The second kappa shape index (κ2) is 25.1. The van der Waals surface area contributed by atoms with Gasteiger partial charge < -0.3 is 4.90 Å². The fourth-order valence-corrected chi connectivity index (χ4v) is 4.87. The Bertz CT molecular complexity index is 379. The van der Waals surface area contributed by atoms with Crippen molar-refractivity contribution < 1.29 is 4.79 Å². The van der Waals surface area contributed by atoms with Crippen molar-refractivity contribution in [3.8, 4) is 0 Å². The Kier molecular flexibility index (Phi) is 24.7. The topological polar surface area (TPSA) is 20.3 Å². The minimum atomic E-state index is 0.266. The minimum absolute atomic E-state index is 0.266. The summed E-state index contributed by atoms with van der Waals surface area (Å²) in [6.07, 6.45) is 32.6. The van der Waals surface area contributed by atoms with E-state index in [1.165, 1.54) is 141 Å². The molecule has 0 fully saturated rings. The summed E-state index contributed by atoms with van der Waals surface area (Å²) in [6.45, 7) is 4.56. The molecule has 0 aromatic rings. The predicted octanol–water partition coefficient (Wildman–Crippen LogP) is 10.1. The van der Waals surface area contributed by atoms with Crippen LogP contribution in [-0.4, -0.2) is 24.9 Å². The van der Waals surface area contributed by atoms with E-state index in [4.69, 9.17) is 0 Å². The molecule has 192 valence electrons. The maximum absolute atomic E-state index is 12.5. The highest BCUT2D eigenvalue weighted by atomic mass is 16.2. The number of unbranched alkanes of at least 4 members (excludes halogenated alkanes) is 20. The molecule has 0 aliphatic rings. The first kappa shape index (κ1) is 31.5. The van der Waals surface area contributed by atoms with Crippen LogP contribution >= 0.6 is 0 Å². The summed E-state index contributed by atoms with van der Waals surface area (Å²) in [5.74, 6) is 0.627. The van der Waals surface area contributed by atoms with Crippen molar-refractivity contribution in [2.45, 2.75) is 168 Å². The molecule has 0 rings (SSSR count). The van der Waals surface area contributed by atoms with Gasteiger partial charge in [-0.2, -0.15) is 0 Å². The Morgan fingerprint density at radius 3 is 0.969 bits per heavy atom. The third kappa shape index (κ3) is 21.3. The first-order valence-corrected chi connectivity index (χ1v) is 14.8. The molecule has 0 bridgehead atoms. The number of nitrogens with zero attached hydrogens (tertiary/aromatic N) is 1. The molecule has 0 saturated carbocycles. The van der Waals surface area contributed by atoms with Crippen LogP contribution in [0, 0.1) is 5.92 Å². The maximum atomic E-state index is 12.5. The summed E-state index contributed by atoms with van der Waals surface area (Å²) in [4.78, 5) is 14.3. The van der Waals surface area contributed by atoms with Gasteiger partial charge in [-0.05, 0) is 12.8 Å². The van der Waals surface area contributed by atoms with Crippen LogP contribution in [-0.2, 0) is 4.79 Å². The highest BCUT2D eigenvalue weighted by Crippen LogP contribution is 2.21. The molecule has 0 aliphatic carbocycles. The average Bonchev–Trinajstić information content (AvgIpc) is 2.79. The van der Waals surface area contributed by atoms with Gasteiger partial charge in [0.05, 0.1) is 0 Å². The summed E-state index contributed by atoms with van der Waals surface area (Å²) in [7, 11) is 3.84. The Labute approximate surface area is 203 Å². The lowest BCUT2D eigenvalue weighted by Crippen LogP contribution is -2.29. The van der Waals surface area contributed by atoms with Gasteiger partial charge in [0.15, 0.2) is 0 Å². The second-order valence-electron chi connectivity index (χ2n) is 10.6. The van der Waals surface area contributed by atoms with Gasteiger partial charge in [-0.15, -0.1) is 0 Å². The van der Waals surface area contributed by atoms with E-state index < -0.39 is 0 Å². The van der Waals surface area contributed by atoms with Gasteiger partial charge in [0.2, 0.25) is 5.91 Å². The molecular formula is C30H61NO. The van der Waals surface area contributed by atoms with Gasteiger partial charge in [-0.1, -0.05) is 155 Å². The summed E-state index contributed by atoms with van der Waals surface area (Å²) in [6, 6.07) is 0. The predicted molar refractivity (Wildman–Crippen MR) is 144 cm³/mol. The molecule has 1 atom stereocenters. The van der Waals surface area contributed by atoms with Crippen LogP contribution in [0.4, 0.5) is 0 Å². The number of carbonyl (C=O) groups is 1. The largest absolute Gasteiger partial charge is 0.349 e. The Morgan fingerprint density at radius 1 is 0.469 bits per heavy atom. The lowest BCUT2D eigenvalue weighted by atomic mass is 9.93. The number of amides is 1. The second-order valence-corrected chi connectivity index (χ2v) is 10.6. The molecular weight excluding hydrogens is 390 g/mol. The molecule has 32 heavy (non-hydrogen) atoms. The van der Waals surface area contributed by atoms with Crippen molar-refractivity contribution >= 4 is 5.91 Å². The van der Waals surface area contributed by atoms with Gasteiger partial charge in [-0.25, -0.2) is 0 Å². The lowest BCUT2D eigenvalue weighted by molar-refractivity contribution is -0.133. The molecule has 2 nitrogen and oxygen atoms in total. The molecule has 0 N–H and O–H groups in total. The summed E-state index contributed by atoms with van der Waals surface area (Å²) in [5, 5.41) is 0. The monoisotopic (exact) mass is 451 g/mol. The normalized spacial score (nSPS) is 12.2. The first-order chi connectivity index (χ1) is 15.6. The number of hydrogen-bond donors (Lipinski definition) is 0. The first-order valence-electron chi connectivity index (χ1n) is 14.8. The zero-order chi connectivity index (χ0) is 23.7. The van der Waals surface area contributed by atoms with E-state index in [0.717, 1.165) is 12.8 Å². The van der Waals surface area contributed by atoms with Crippen molar-refractivity contribution in [3.05, 3.63) is 0 Å². The van der Waals surface area contributed by atoms with E-state index in [1.54, 1.807) is 0 Å². The standard InChI is InChI=1S/C30H61NO/c1-5-7-9-11-13-14-15-16-17-18-19-20-21-22-24-26-28-29(30(32)31(3)4)27-25-23-12-10-8-6-2/h29H,5-28H2,1-4H3. The van der Waals surface area contributed by atoms with Gasteiger partial charge in [0.25, 0.3) is 0 Å². The van der Waals surface area contributed by atoms with Crippen molar-refractivity contribution in [1.82, 2.24) is 4.90 Å². The molecule has 1 unspecified atom stereocenters. The van der Waals surface area contributed by atoms with Crippen molar-refractivity contribution in [3.63, 3.8) is 0 Å². The van der Waals surface area contributed by atoms with Crippen LogP contribution in [0.3, 0.4) is 0 Å². The zero-order valence-corrected chi connectivity index (χ0v) is 22.9. The van der Waals surface area contributed by atoms with E-state index >= 15 is 0 Å². The molecule has 0 radical (unpaired) electrons. The summed E-state index contributed by atoms with van der Waals surface area (Å²) >= 11 is 0. The van der Waals surface area contributed by atoms with Crippen molar-refractivity contribution in [1.29, 1.82) is 0 Å². The Morgan fingerprint density at radius 2 is 0.719 bits per heavy atom. The maximum Gasteiger partial charge on any atom is 0.225 e. The Balaban J connectivity index is 3.57. The fraction of sp³-hybridized carbons (Fsp3) is 0.967. The third-order valence-corrected chi connectivity index (χ3v) is 7.10. The van der Waals surface area contributed by atoms with Gasteiger partial charge in [0.1, 0.15) is 0 Å². The fourth-order valence-electron chi connectivity index (χ4n) is 4.87. The molecule has 1 amide bonds. The highest BCUT2D eigenvalue weighted by molar-refractivity contribution is 5.78. The number of carbonyl (C=O) groups excluding carboxylic acids is 1. The molecule has 0 heterocycles. The molecule has 0 aromatic heterocycles. The minimum Gasteiger partial charge on any atom is -0.349 e. The van der Waals surface area contributed by atoms with Crippen LogP contribution in [0.15, 0.2) is 0 Å². The SMILES string of the molecule is CCCCCCCCCCCCCCCCCCC(CCCCCCCC)C(=O)N(C)C. The van der Waals surface area contributed by atoms with Crippen LogP contribution in [0.1, 0.15) is 168 Å². The van der Waals surface area contributed by atoms with Crippen LogP contribution < -0.4 is 0 Å². The molecule has 0 aromatic carbocycles. The molecule has 0 saturated heterocycles. The number of rotatable bonds is 25. The van der Waals surface area contributed by atoms with Crippen LogP contribution in [0.5, 0.6) is 0 Å². The van der Waals surface area contributed by atoms with Crippen LogP contribution in [0.2, 0.25) is 0 Å². The molecule has 2 heteroatoms. The average molecular weight is 452 g/mol.